The van der Waals surface area contributed by atoms with Gasteiger partial charge in [0, 0.05) is 23.7 Å². The summed E-state index contributed by atoms with van der Waals surface area (Å²) in [5, 5.41) is 4.91. The Kier molecular flexibility index (Phi) is 8.82. The molecule has 0 atom stereocenters. The number of benzene rings is 2. The van der Waals surface area contributed by atoms with Gasteiger partial charge >= 0.3 is 6.03 Å². The molecule has 0 saturated carbocycles. The van der Waals surface area contributed by atoms with Gasteiger partial charge in [0.05, 0.1) is 6.54 Å². The van der Waals surface area contributed by atoms with Crippen molar-refractivity contribution >= 4 is 29.0 Å². The van der Waals surface area contributed by atoms with E-state index in [9.17, 15) is 14.0 Å². The lowest BCUT2D eigenvalue weighted by molar-refractivity contribution is -0.133. The van der Waals surface area contributed by atoms with E-state index in [0.717, 1.165) is 21.6 Å². The molecule has 180 valence electrons. The third-order valence-electron chi connectivity index (χ3n) is 5.44. The normalized spacial score (nSPS) is 10.9. The lowest BCUT2D eigenvalue weighted by atomic mass is 10.2. The molecule has 0 unspecified atom stereocenters. The van der Waals surface area contributed by atoms with E-state index in [1.54, 1.807) is 33.3 Å². The molecule has 2 aromatic carbocycles. The number of carbonyl (C=O) groups is 2. The molecular weight excluding hydrogens is 449 g/mol. The summed E-state index contributed by atoms with van der Waals surface area (Å²) in [6, 6.07) is 15.5. The molecule has 1 N–H and O–H groups in total. The lowest BCUT2D eigenvalue weighted by Crippen LogP contribution is -2.45. The van der Waals surface area contributed by atoms with Gasteiger partial charge in [0.1, 0.15) is 12.4 Å². The van der Waals surface area contributed by atoms with Gasteiger partial charge in [0.2, 0.25) is 5.91 Å². The van der Waals surface area contributed by atoms with Crippen molar-refractivity contribution in [2.75, 3.05) is 18.4 Å². The SMILES string of the molecule is Cc1ccc(NC(=O)N(CC(=O)N(Cc2ccc(F)cc2)Cc2sccc2C)CC(C)C)cc1. The first-order valence-electron chi connectivity index (χ1n) is 11.4. The molecule has 1 aromatic heterocycles. The fourth-order valence-electron chi connectivity index (χ4n) is 3.54. The summed E-state index contributed by atoms with van der Waals surface area (Å²) in [4.78, 5) is 30.9. The largest absolute Gasteiger partial charge is 0.332 e. The first kappa shape index (κ1) is 25.4. The van der Waals surface area contributed by atoms with Crippen LogP contribution in [0.1, 0.15) is 35.4 Å². The van der Waals surface area contributed by atoms with Crippen LogP contribution in [0.3, 0.4) is 0 Å². The molecule has 5 nitrogen and oxygen atoms in total. The Hall–Kier alpha value is -3.19. The van der Waals surface area contributed by atoms with E-state index in [1.165, 1.54) is 12.1 Å². The minimum Gasteiger partial charge on any atom is -0.332 e. The van der Waals surface area contributed by atoms with Crippen LogP contribution in [0.25, 0.3) is 0 Å². The van der Waals surface area contributed by atoms with Gasteiger partial charge in [-0.3, -0.25) is 4.79 Å². The average Bonchev–Trinajstić information content (AvgIpc) is 3.19. The van der Waals surface area contributed by atoms with E-state index in [0.29, 0.717) is 25.3 Å². The fraction of sp³-hybridized carbons (Fsp3) is 0.333. The number of thiophene rings is 1. The first-order valence-corrected chi connectivity index (χ1v) is 12.3. The van der Waals surface area contributed by atoms with Gasteiger partial charge in [0.25, 0.3) is 0 Å². The number of hydrogen-bond acceptors (Lipinski definition) is 3. The van der Waals surface area contributed by atoms with E-state index < -0.39 is 0 Å². The smallest absolute Gasteiger partial charge is 0.322 e. The Balaban J connectivity index is 1.78. The molecule has 3 aromatic rings. The van der Waals surface area contributed by atoms with Crippen LogP contribution >= 0.6 is 11.3 Å². The van der Waals surface area contributed by atoms with Crippen molar-refractivity contribution in [3.63, 3.8) is 0 Å². The average molecular weight is 482 g/mol. The summed E-state index contributed by atoms with van der Waals surface area (Å²) in [7, 11) is 0. The highest BCUT2D eigenvalue weighted by atomic mass is 32.1. The summed E-state index contributed by atoms with van der Waals surface area (Å²) in [6.45, 7) is 9.23. The highest BCUT2D eigenvalue weighted by Gasteiger charge is 2.23. The number of urea groups is 1. The third kappa shape index (κ3) is 7.42. The fourth-order valence-corrected chi connectivity index (χ4v) is 4.47. The maximum Gasteiger partial charge on any atom is 0.322 e. The van der Waals surface area contributed by atoms with Gasteiger partial charge in [-0.25, -0.2) is 9.18 Å². The summed E-state index contributed by atoms with van der Waals surface area (Å²) >= 11 is 1.60. The molecule has 1 heterocycles. The molecule has 0 spiro atoms. The molecule has 3 amide bonds. The van der Waals surface area contributed by atoms with Crippen LogP contribution in [0.2, 0.25) is 0 Å². The number of nitrogens with zero attached hydrogens (tertiary/aromatic N) is 2. The number of carbonyl (C=O) groups excluding carboxylic acids is 2. The van der Waals surface area contributed by atoms with Gasteiger partial charge in [-0.1, -0.05) is 43.7 Å². The van der Waals surface area contributed by atoms with Crippen molar-refractivity contribution in [1.29, 1.82) is 0 Å². The van der Waals surface area contributed by atoms with E-state index in [4.69, 9.17) is 0 Å². The van der Waals surface area contributed by atoms with Gasteiger partial charge in [0.15, 0.2) is 0 Å². The van der Waals surface area contributed by atoms with E-state index >= 15 is 0 Å². The summed E-state index contributed by atoms with van der Waals surface area (Å²) < 4.78 is 13.4. The number of amides is 3. The Morgan fingerprint density at radius 3 is 2.21 bits per heavy atom. The number of anilines is 1. The van der Waals surface area contributed by atoms with Crippen molar-refractivity contribution in [3.8, 4) is 0 Å². The van der Waals surface area contributed by atoms with E-state index in [2.05, 4.69) is 5.32 Å². The Morgan fingerprint density at radius 2 is 1.62 bits per heavy atom. The number of aryl methyl sites for hydroxylation is 2. The van der Waals surface area contributed by atoms with Crippen LogP contribution < -0.4 is 5.32 Å². The minimum atomic E-state index is -0.313. The molecule has 0 aliphatic carbocycles. The highest BCUT2D eigenvalue weighted by Crippen LogP contribution is 2.20. The Morgan fingerprint density at radius 1 is 0.941 bits per heavy atom. The number of halogens is 1. The van der Waals surface area contributed by atoms with Crippen LogP contribution in [0.4, 0.5) is 14.9 Å². The zero-order chi connectivity index (χ0) is 24.7. The summed E-state index contributed by atoms with van der Waals surface area (Å²) in [5.41, 5.74) is 3.75. The zero-order valence-corrected chi connectivity index (χ0v) is 21.0. The predicted octanol–water partition coefficient (Wildman–Crippen LogP) is 6.22. The molecule has 0 aliphatic rings. The summed E-state index contributed by atoms with van der Waals surface area (Å²) in [6.07, 6.45) is 0. The summed E-state index contributed by atoms with van der Waals surface area (Å²) in [5.74, 6) is -0.273. The van der Waals surface area contributed by atoms with Gasteiger partial charge < -0.3 is 15.1 Å². The van der Waals surface area contributed by atoms with Gasteiger partial charge in [-0.2, -0.15) is 0 Å². The molecule has 0 fully saturated rings. The molecule has 7 heteroatoms. The topological polar surface area (TPSA) is 52.7 Å². The minimum absolute atomic E-state index is 0.0402. The number of nitrogens with one attached hydrogen (secondary N) is 1. The van der Waals surface area contributed by atoms with Gasteiger partial charge in [-0.15, -0.1) is 11.3 Å². The van der Waals surface area contributed by atoms with E-state index in [1.807, 2.05) is 63.4 Å². The maximum absolute atomic E-state index is 13.5. The van der Waals surface area contributed by atoms with Crippen molar-refractivity contribution < 1.29 is 14.0 Å². The van der Waals surface area contributed by atoms with Crippen molar-refractivity contribution in [3.05, 3.63) is 87.4 Å². The first-order chi connectivity index (χ1) is 16.2. The third-order valence-corrected chi connectivity index (χ3v) is 6.45. The molecule has 0 aliphatic heterocycles. The molecule has 0 radical (unpaired) electrons. The highest BCUT2D eigenvalue weighted by molar-refractivity contribution is 7.10. The van der Waals surface area contributed by atoms with E-state index in [-0.39, 0.29) is 30.2 Å². The molecule has 0 saturated heterocycles. The monoisotopic (exact) mass is 481 g/mol. The molecular formula is C27H32FN3O2S. The standard InChI is InChI=1S/C27H32FN3O2S/c1-19(2)15-31(27(33)29-24-11-5-20(3)6-12-24)18-26(32)30(17-25-21(4)13-14-34-25)16-22-7-9-23(28)10-8-22/h5-14,19H,15-18H2,1-4H3,(H,29,33). The number of hydrogen-bond donors (Lipinski definition) is 1. The maximum atomic E-state index is 13.5. The second-order valence-corrected chi connectivity index (χ2v) is 9.97. The number of rotatable bonds is 9. The lowest BCUT2D eigenvalue weighted by Gasteiger charge is -2.29. The quantitative estimate of drug-likeness (QED) is 0.394. The molecule has 0 bridgehead atoms. The van der Waals surface area contributed by atoms with Crippen molar-refractivity contribution in [1.82, 2.24) is 9.80 Å². The second kappa shape index (κ2) is 11.8. The predicted molar refractivity (Wildman–Crippen MR) is 136 cm³/mol. The molecule has 3 rings (SSSR count). The Bertz CT molecular complexity index is 1090. The van der Waals surface area contributed by atoms with Crippen LogP contribution in [-0.2, 0) is 17.9 Å². The van der Waals surface area contributed by atoms with Crippen LogP contribution in [0.5, 0.6) is 0 Å². The van der Waals surface area contributed by atoms with Crippen molar-refractivity contribution in [2.45, 2.75) is 40.8 Å². The van der Waals surface area contributed by atoms with Gasteiger partial charge in [-0.05, 0) is 66.6 Å². The van der Waals surface area contributed by atoms with Crippen molar-refractivity contribution in [2.24, 2.45) is 5.92 Å². The molecule has 34 heavy (non-hydrogen) atoms. The van der Waals surface area contributed by atoms with Crippen LogP contribution in [0.15, 0.2) is 60.0 Å². The van der Waals surface area contributed by atoms with Crippen LogP contribution in [0, 0.1) is 25.6 Å². The van der Waals surface area contributed by atoms with Crippen LogP contribution in [-0.4, -0.2) is 34.8 Å². The second-order valence-electron chi connectivity index (χ2n) is 8.97. The Labute approximate surface area is 205 Å². The zero-order valence-electron chi connectivity index (χ0n) is 20.2.